The molecule has 212 valence electrons. The van der Waals surface area contributed by atoms with Crippen molar-refractivity contribution in [1.29, 1.82) is 0 Å². The van der Waals surface area contributed by atoms with Gasteiger partial charge >= 0.3 is 0 Å². The highest BCUT2D eigenvalue weighted by atomic mass is 16.2. The maximum atomic E-state index is 13.4. The number of anilines is 1. The zero-order valence-electron chi connectivity index (χ0n) is 23.5. The molecule has 1 saturated carbocycles. The summed E-state index contributed by atoms with van der Waals surface area (Å²) in [6.07, 6.45) is 13.6. The van der Waals surface area contributed by atoms with Crippen LogP contribution >= 0.6 is 0 Å². The standard InChI is InChI=1S/C32H36N6O3/c1-33-19-32(12-3-13-32)20-36-14-10-23(11-15-36)37-18-21(17-34-37)16-22-6-7-26-29-24(22)4-2-5-25(29)31(41)38(26)27-8-9-28(39)35-30(27)40/h2,4-7,17-19,23,27H,3,8-16,20H2,1H3,(H,35,39,40). The van der Waals surface area contributed by atoms with Gasteiger partial charge in [-0.25, -0.2) is 0 Å². The van der Waals surface area contributed by atoms with E-state index in [4.69, 9.17) is 5.10 Å². The molecule has 1 atom stereocenters. The number of likely N-dealkylation sites (tertiary alicyclic amines) is 1. The van der Waals surface area contributed by atoms with Gasteiger partial charge in [-0.05, 0) is 60.7 Å². The zero-order valence-corrected chi connectivity index (χ0v) is 23.5. The third-order valence-corrected chi connectivity index (χ3v) is 9.61. The Labute approximate surface area is 239 Å². The van der Waals surface area contributed by atoms with Gasteiger partial charge in [0.2, 0.25) is 11.8 Å². The van der Waals surface area contributed by atoms with Crippen LogP contribution in [0.1, 0.15) is 72.5 Å². The van der Waals surface area contributed by atoms with E-state index in [-0.39, 0.29) is 18.2 Å². The average molecular weight is 553 g/mol. The number of aromatic nitrogens is 2. The van der Waals surface area contributed by atoms with Gasteiger partial charge in [0.15, 0.2) is 0 Å². The molecule has 4 aliphatic rings. The Balaban J connectivity index is 1.07. The Morgan fingerprint density at radius 3 is 2.66 bits per heavy atom. The number of carbonyl (C=O) groups is 3. The van der Waals surface area contributed by atoms with E-state index in [2.05, 4.69) is 44.4 Å². The largest absolute Gasteiger partial charge is 0.302 e. The van der Waals surface area contributed by atoms with Crippen molar-refractivity contribution in [2.45, 2.75) is 63.5 Å². The lowest BCUT2D eigenvalue weighted by Crippen LogP contribution is -2.53. The van der Waals surface area contributed by atoms with Crippen molar-refractivity contribution in [2.24, 2.45) is 10.4 Å². The lowest BCUT2D eigenvalue weighted by molar-refractivity contribution is -0.134. The summed E-state index contributed by atoms with van der Waals surface area (Å²) in [7, 11) is 1.89. The molecule has 3 fully saturated rings. The summed E-state index contributed by atoms with van der Waals surface area (Å²) in [6, 6.07) is 9.54. The summed E-state index contributed by atoms with van der Waals surface area (Å²) in [4.78, 5) is 46.3. The van der Waals surface area contributed by atoms with Crippen molar-refractivity contribution in [2.75, 3.05) is 31.6 Å². The van der Waals surface area contributed by atoms with Crippen LogP contribution in [0.2, 0.25) is 0 Å². The van der Waals surface area contributed by atoms with Crippen molar-refractivity contribution < 1.29 is 14.4 Å². The van der Waals surface area contributed by atoms with Gasteiger partial charge in [0, 0.05) is 68.3 Å². The number of hydrogen-bond acceptors (Lipinski definition) is 6. The third-order valence-electron chi connectivity index (χ3n) is 9.61. The minimum Gasteiger partial charge on any atom is -0.302 e. The fourth-order valence-corrected chi connectivity index (χ4v) is 7.37. The molecular formula is C32H36N6O3. The van der Waals surface area contributed by atoms with Crippen molar-refractivity contribution in [1.82, 2.24) is 20.0 Å². The lowest BCUT2D eigenvalue weighted by atomic mass is 9.69. The second-order valence-electron chi connectivity index (χ2n) is 12.2. The Hall–Kier alpha value is -3.85. The number of rotatable bonds is 7. The number of aliphatic imine (C=N–C) groups is 1. The molecule has 3 aromatic rings. The molecule has 2 aromatic carbocycles. The van der Waals surface area contributed by atoms with Crippen molar-refractivity contribution in [3.8, 4) is 0 Å². The predicted octanol–water partition coefficient (Wildman–Crippen LogP) is 3.90. The van der Waals surface area contributed by atoms with E-state index < -0.39 is 11.9 Å². The molecule has 1 N–H and O–H groups in total. The van der Waals surface area contributed by atoms with E-state index in [0.29, 0.717) is 29.9 Å². The summed E-state index contributed by atoms with van der Waals surface area (Å²) < 4.78 is 2.15. The SMILES string of the molecule is CN=CC1(CN2CCC(n3cc(Cc4ccc5c6c(cccc46)C(=O)N5C4CCC(=O)NC4=O)cn3)CC2)CCC1. The van der Waals surface area contributed by atoms with Gasteiger partial charge in [0.25, 0.3) is 5.91 Å². The molecule has 2 saturated heterocycles. The van der Waals surface area contributed by atoms with Crippen LogP contribution in [0.5, 0.6) is 0 Å². The van der Waals surface area contributed by atoms with Crippen LogP contribution in [0.25, 0.3) is 10.8 Å². The highest BCUT2D eigenvalue weighted by molar-refractivity contribution is 6.27. The second-order valence-corrected chi connectivity index (χ2v) is 12.2. The van der Waals surface area contributed by atoms with Gasteiger partial charge in [-0.15, -0.1) is 0 Å². The third kappa shape index (κ3) is 4.56. The van der Waals surface area contributed by atoms with Crippen molar-refractivity contribution in [3.63, 3.8) is 0 Å². The Morgan fingerprint density at radius 2 is 1.93 bits per heavy atom. The van der Waals surface area contributed by atoms with Crippen molar-refractivity contribution >= 4 is 40.4 Å². The second kappa shape index (κ2) is 10.2. The number of imide groups is 1. The van der Waals surface area contributed by atoms with Crippen LogP contribution in [0.3, 0.4) is 0 Å². The van der Waals surface area contributed by atoms with Crippen LogP contribution in [-0.2, 0) is 16.0 Å². The summed E-state index contributed by atoms with van der Waals surface area (Å²) in [6.45, 7) is 3.30. The summed E-state index contributed by atoms with van der Waals surface area (Å²) in [5.41, 5.74) is 3.92. The molecule has 3 aliphatic heterocycles. The Morgan fingerprint density at radius 1 is 1.10 bits per heavy atom. The van der Waals surface area contributed by atoms with Gasteiger partial charge in [-0.3, -0.25) is 29.3 Å². The van der Waals surface area contributed by atoms with Gasteiger partial charge in [-0.2, -0.15) is 5.10 Å². The van der Waals surface area contributed by atoms with Crippen LogP contribution in [0.4, 0.5) is 5.69 Å². The van der Waals surface area contributed by atoms with Crippen LogP contribution < -0.4 is 10.2 Å². The van der Waals surface area contributed by atoms with Crippen LogP contribution in [0.15, 0.2) is 47.7 Å². The zero-order chi connectivity index (χ0) is 28.1. The first-order chi connectivity index (χ1) is 19.9. The highest BCUT2D eigenvalue weighted by Gasteiger charge is 2.41. The molecule has 0 radical (unpaired) electrons. The fourth-order valence-electron chi connectivity index (χ4n) is 7.37. The minimum atomic E-state index is -0.676. The van der Waals surface area contributed by atoms with Gasteiger partial charge in [-0.1, -0.05) is 24.6 Å². The van der Waals surface area contributed by atoms with E-state index in [1.807, 2.05) is 31.4 Å². The maximum absolute atomic E-state index is 13.4. The van der Waals surface area contributed by atoms with Crippen LogP contribution in [-0.4, -0.2) is 71.3 Å². The summed E-state index contributed by atoms with van der Waals surface area (Å²) in [5, 5.41) is 9.06. The number of hydrogen-bond donors (Lipinski definition) is 1. The average Bonchev–Trinajstić information content (AvgIpc) is 3.53. The maximum Gasteiger partial charge on any atom is 0.259 e. The quantitative estimate of drug-likeness (QED) is 0.354. The molecule has 1 aliphatic carbocycles. The number of nitrogens with zero attached hydrogens (tertiary/aromatic N) is 5. The smallest absolute Gasteiger partial charge is 0.259 e. The lowest BCUT2D eigenvalue weighted by Gasteiger charge is -2.44. The number of amides is 3. The topological polar surface area (TPSA) is 99.9 Å². The van der Waals surface area contributed by atoms with Gasteiger partial charge in [0.05, 0.1) is 17.9 Å². The number of nitrogens with one attached hydrogen (secondary N) is 1. The first-order valence-corrected chi connectivity index (χ1v) is 14.9. The number of carbonyl (C=O) groups excluding carboxylic acids is 3. The normalized spacial score (nSPS) is 23.0. The molecular weight excluding hydrogens is 516 g/mol. The molecule has 9 nitrogen and oxygen atoms in total. The molecule has 3 amide bonds. The fraction of sp³-hybridized carbons (Fsp3) is 0.469. The molecule has 9 heteroatoms. The Bertz CT molecular complexity index is 1560. The van der Waals surface area contributed by atoms with Gasteiger partial charge in [0.1, 0.15) is 6.04 Å². The number of benzene rings is 2. The predicted molar refractivity (Wildman–Crippen MR) is 157 cm³/mol. The molecule has 0 bridgehead atoms. The van der Waals surface area contributed by atoms with E-state index in [1.165, 1.54) is 19.3 Å². The minimum absolute atomic E-state index is 0.179. The summed E-state index contributed by atoms with van der Waals surface area (Å²) >= 11 is 0. The van der Waals surface area contributed by atoms with E-state index in [9.17, 15) is 14.4 Å². The monoisotopic (exact) mass is 552 g/mol. The molecule has 4 heterocycles. The van der Waals surface area contributed by atoms with Crippen LogP contribution in [0, 0.1) is 5.41 Å². The molecule has 1 unspecified atom stereocenters. The van der Waals surface area contributed by atoms with Gasteiger partial charge < -0.3 is 9.89 Å². The Kier molecular flexibility index (Phi) is 6.49. The molecule has 0 spiro atoms. The first-order valence-electron chi connectivity index (χ1n) is 14.9. The highest BCUT2D eigenvalue weighted by Crippen LogP contribution is 2.42. The molecule has 7 rings (SSSR count). The number of piperidine rings is 2. The van der Waals surface area contributed by atoms with E-state index in [0.717, 1.165) is 60.1 Å². The molecule has 1 aromatic heterocycles. The van der Waals surface area contributed by atoms with E-state index >= 15 is 0 Å². The van der Waals surface area contributed by atoms with E-state index in [1.54, 1.807) is 4.90 Å². The first kappa shape index (κ1) is 26.1. The van der Waals surface area contributed by atoms with Crippen molar-refractivity contribution in [3.05, 3.63) is 59.4 Å². The molecule has 41 heavy (non-hydrogen) atoms. The summed E-state index contributed by atoms with van der Waals surface area (Å²) in [5.74, 6) is -0.872.